The molecular weight excluding hydrogens is 464 g/mol. The molecule has 0 heterocycles. The van der Waals surface area contributed by atoms with Gasteiger partial charge in [0, 0.05) is 5.69 Å². The van der Waals surface area contributed by atoms with Gasteiger partial charge < -0.3 is 15.2 Å². The van der Waals surface area contributed by atoms with Crippen molar-refractivity contribution in [3.63, 3.8) is 0 Å². The molecule has 154 valence electrons. The van der Waals surface area contributed by atoms with Gasteiger partial charge in [0.15, 0.2) is 0 Å². The van der Waals surface area contributed by atoms with E-state index in [-0.39, 0.29) is 20.8 Å². The molecule has 29 heavy (non-hydrogen) atoms. The summed E-state index contributed by atoms with van der Waals surface area (Å²) in [4.78, 5) is 36.1. The number of carbonyl (C=O) groups is 3. The highest BCUT2D eigenvalue weighted by Gasteiger charge is 2.28. The number of ether oxygens (including phenoxy) is 1. The Morgan fingerprint density at radius 2 is 1.48 bits per heavy atom. The number of esters is 1. The summed E-state index contributed by atoms with van der Waals surface area (Å²) in [6.45, 7) is 2.30. The maximum atomic E-state index is 12.7. The van der Waals surface area contributed by atoms with E-state index in [4.69, 9.17) is 51.1 Å². The first-order chi connectivity index (χ1) is 13.7. The lowest BCUT2D eigenvalue weighted by molar-refractivity contribution is 0.0499. The molecule has 1 amide bonds. The molecule has 0 atom stereocenters. The van der Waals surface area contributed by atoms with E-state index in [0.717, 1.165) is 12.8 Å². The largest absolute Gasteiger partial charge is 0.478 e. The maximum absolute atomic E-state index is 12.7. The molecular formula is C19H15Cl4NO5. The van der Waals surface area contributed by atoms with Crippen LogP contribution >= 0.6 is 46.4 Å². The van der Waals surface area contributed by atoms with E-state index in [2.05, 4.69) is 5.32 Å². The third-order valence-electron chi connectivity index (χ3n) is 3.82. The van der Waals surface area contributed by atoms with Gasteiger partial charge in [-0.15, -0.1) is 0 Å². The van der Waals surface area contributed by atoms with Gasteiger partial charge in [-0.1, -0.05) is 59.7 Å². The summed E-state index contributed by atoms with van der Waals surface area (Å²) >= 11 is 23.8. The number of amides is 1. The Balaban J connectivity index is 2.27. The fourth-order valence-corrected chi connectivity index (χ4v) is 3.34. The Morgan fingerprint density at radius 1 is 0.931 bits per heavy atom. The van der Waals surface area contributed by atoms with Crippen LogP contribution in [0.2, 0.25) is 20.1 Å². The van der Waals surface area contributed by atoms with Crippen molar-refractivity contribution < 1.29 is 24.2 Å². The van der Waals surface area contributed by atoms with Gasteiger partial charge in [0.2, 0.25) is 0 Å². The zero-order valence-corrected chi connectivity index (χ0v) is 18.0. The molecule has 0 aliphatic heterocycles. The van der Waals surface area contributed by atoms with Crippen LogP contribution < -0.4 is 5.32 Å². The quantitative estimate of drug-likeness (QED) is 0.213. The lowest BCUT2D eigenvalue weighted by atomic mass is 10.1. The monoisotopic (exact) mass is 477 g/mol. The van der Waals surface area contributed by atoms with E-state index in [9.17, 15) is 19.5 Å². The second-order valence-electron chi connectivity index (χ2n) is 5.83. The van der Waals surface area contributed by atoms with Crippen molar-refractivity contribution in [1.82, 2.24) is 0 Å². The average Bonchev–Trinajstić information content (AvgIpc) is 2.69. The number of nitrogens with one attached hydrogen (secondary N) is 1. The predicted octanol–water partition coefficient (Wildman–Crippen LogP) is 6.21. The van der Waals surface area contributed by atoms with Crippen LogP contribution in [0.1, 0.15) is 50.8 Å². The molecule has 0 aliphatic carbocycles. The van der Waals surface area contributed by atoms with Gasteiger partial charge >= 0.3 is 11.9 Å². The Labute approximate surface area is 186 Å². The van der Waals surface area contributed by atoms with Gasteiger partial charge in [-0.2, -0.15) is 0 Å². The molecule has 10 heteroatoms. The molecule has 2 aromatic carbocycles. The maximum Gasteiger partial charge on any atom is 0.338 e. The van der Waals surface area contributed by atoms with Gasteiger partial charge in [0.1, 0.15) is 0 Å². The molecule has 6 nitrogen and oxygen atoms in total. The molecule has 0 saturated carbocycles. The number of anilines is 1. The fourth-order valence-electron chi connectivity index (χ4n) is 2.32. The van der Waals surface area contributed by atoms with Gasteiger partial charge in [0.05, 0.1) is 43.4 Å². The summed E-state index contributed by atoms with van der Waals surface area (Å²) in [5, 5.41) is 10.7. The number of carbonyl (C=O) groups excluding carboxylic acids is 2. The van der Waals surface area contributed by atoms with Crippen molar-refractivity contribution in [1.29, 1.82) is 0 Å². The van der Waals surface area contributed by atoms with Crippen LogP contribution in [-0.2, 0) is 4.74 Å². The van der Waals surface area contributed by atoms with Crippen molar-refractivity contribution in [2.75, 3.05) is 11.9 Å². The van der Waals surface area contributed by atoms with Gasteiger partial charge in [-0.3, -0.25) is 4.79 Å². The molecule has 0 bridgehead atoms. The van der Waals surface area contributed by atoms with Crippen LogP contribution in [0.3, 0.4) is 0 Å². The molecule has 2 rings (SSSR count). The zero-order chi connectivity index (χ0) is 21.7. The van der Waals surface area contributed by atoms with Crippen LogP contribution in [0.15, 0.2) is 24.3 Å². The van der Waals surface area contributed by atoms with Crippen molar-refractivity contribution in [3.8, 4) is 0 Å². The molecule has 2 aromatic rings. The molecule has 0 saturated heterocycles. The van der Waals surface area contributed by atoms with Crippen molar-refractivity contribution >= 4 is 69.9 Å². The van der Waals surface area contributed by atoms with E-state index in [1.54, 1.807) is 0 Å². The first-order valence-electron chi connectivity index (χ1n) is 8.36. The highest BCUT2D eigenvalue weighted by atomic mass is 35.5. The lowest BCUT2D eigenvalue weighted by Crippen LogP contribution is -2.18. The third-order valence-corrected chi connectivity index (χ3v) is 5.62. The number of hydrogen-bond donors (Lipinski definition) is 2. The number of rotatable bonds is 7. The molecule has 0 unspecified atom stereocenters. The standard InChI is InChI=1S/C19H15Cl4NO5/c1-2-3-8-29-19(28)9-4-6-10(7-5-9)24-17(25)11-12(18(26)27)14(21)16(23)15(22)13(11)20/h4-7H,2-3,8H2,1H3,(H,24,25)(H,26,27). The minimum Gasteiger partial charge on any atom is -0.478 e. The average molecular weight is 479 g/mol. The Morgan fingerprint density at radius 3 is 2.00 bits per heavy atom. The Hall–Kier alpha value is -1.99. The number of aromatic carboxylic acids is 1. The number of hydrogen-bond acceptors (Lipinski definition) is 4. The fraction of sp³-hybridized carbons (Fsp3) is 0.211. The van der Waals surface area contributed by atoms with E-state index < -0.39 is 34.0 Å². The van der Waals surface area contributed by atoms with E-state index in [0.29, 0.717) is 12.2 Å². The number of unbranched alkanes of at least 4 members (excludes halogenated alkanes) is 1. The predicted molar refractivity (Wildman–Crippen MR) is 113 cm³/mol. The molecule has 0 fully saturated rings. The molecule has 0 radical (unpaired) electrons. The van der Waals surface area contributed by atoms with Gasteiger partial charge in [-0.05, 0) is 30.7 Å². The summed E-state index contributed by atoms with van der Waals surface area (Å²) in [5.74, 6) is -2.83. The van der Waals surface area contributed by atoms with Crippen molar-refractivity contribution in [2.24, 2.45) is 0 Å². The summed E-state index contributed by atoms with van der Waals surface area (Å²) < 4.78 is 5.10. The van der Waals surface area contributed by atoms with Crippen molar-refractivity contribution in [3.05, 3.63) is 61.0 Å². The van der Waals surface area contributed by atoms with Crippen LogP contribution in [-0.4, -0.2) is 29.6 Å². The highest BCUT2D eigenvalue weighted by Crippen LogP contribution is 2.41. The summed E-state index contributed by atoms with van der Waals surface area (Å²) in [5.41, 5.74) is -0.406. The Bertz CT molecular complexity index is 960. The van der Waals surface area contributed by atoms with Crippen LogP contribution in [0.4, 0.5) is 5.69 Å². The third kappa shape index (κ3) is 5.34. The minimum atomic E-state index is -1.49. The van der Waals surface area contributed by atoms with Crippen molar-refractivity contribution in [2.45, 2.75) is 19.8 Å². The Kier molecular flexibility index (Phi) is 8.16. The molecule has 0 spiro atoms. The minimum absolute atomic E-state index is 0.237. The van der Waals surface area contributed by atoms with E-state index >= 15 is 0 Å². The molecule has 0 aromatic heterocycles. The number of benzene rings is 2. The zero-order valence-electron chi connectivity index (χ0n) is 15.0. The first kappa shape index (κ1) is 23.3. The smallest absolute Gasteiger partial charge is 0.338 e. The lowest BCUT2D eigenvalue weighted by Gasteiger charge is -2.14. The second kappa shape index (κ2) is 10.2. The molecule has 0 aliphatic rings. The van der Waals surface area contributed by atoms with Gasteiger partial charge in [0.25, 0.3) is 5.91 Å². The van der Waals surface area contributed by atoms with Crippen LogP contribution in [0.25, 0.3) is 0 Å². The van der Waals surface area contributed by atoms with Crippen LogP contribution in [0, 0.1) is 0 Å². The number of carboxylic acids is 1. The van der Waals surface area contributed by atoms with Crippen LogP contribution in [0.5, 0.6) is 0 Å². The second-order valence-corrected chi connectivity index (χ2v) is 7.34. The van der Waals surface area contributed by atoms with E-state index in [1.807, 2.05) is 6.92 Å². The van der Waals surface area contributed by atoms with E-state index in [1.165, 1.54) is 24.3 Å². The number of carboxylic acid groups (broad SMARTS) is 1. The summed E-state index contributed by atoms with van der Waals surface area (Å²) in [7, 11) is 0. The summed E-state index contributed by atoms with van der Waals surface area (Å²) in [6, 6.07) is 5.85. The highest BCUT2D eigenvalue weighted by molar-refractivity contribution is 6.54. The SMILES string of the molecule is CCCCOC(=O)c1ccc(NC(=O)c2c(Cl)c(Cl)c(Cl)c(Cl)c2C(=O)O)cc1. The summed E-state index contributed by atoms with van der Waals surface area (Å²) in [6.07, 6.45) is 1.66. The first-order valence-corrected chi connectivity index (χ1v) is 9.88. The normalized spacial score (nSPS) is 10.5. The topological polar surface area (TPSA) is 92.7 Å². The molecule has 2 N–H and O–H groups in total. The van der Waals surface area contributed by atoms with Gasteiger partial charge in [-0.25, -0.2) is 9.59 Å². The number of halogens is 4.